The van der Waals surface area contributed by atoms with Crippen LogP contribution in [-0.4, -0.2) is 28.7 Å². The van der Waals surface area contributed by atoms with Gasteiger partial charge >= 0.3 is 0 Å². The minimum Gasteiger partial charge on any atom is -0.443 e. The highest BCUT2D eigenvalue weighted by Crippen LogP contribution is 2.41. The molecular formula is C26H30N4OS. The number of nitrogens with zero attached hydrogens (tertiary/aromatic N) is 4. The number of nitriles is 1. The number of rotatable bonds is 7. The Balaban J connectivity index is 1.92. The van der Waals surface area contributed by atoms with Crippen LogP contribution in [0.2, 0.25) is 0 Å². The van der Waals surface area contributed by atoms with E-state index in [-0.39, 0.29) is 0 Å². The molecule has 0 spiro atoms. The van der Waals surface area contributed by atoms with Gasteiger partial charge in [-0.15, -0.1) is 0 Å². The second kappa shape index (κ2) is 9.54. The zero-order valence-corrected chi connectivity index (χ0v) is 20.6. The van der Waals surface area contributed by atoms with Gasteiger partial charge in [0.05, 0.1) is 17.7 Å². The highest BCUT2D eigenvalue weighted by atomic mass is 32.1. The van der Waals surface area contributed by atoms with Crippen LogP contribution in [-0.2, 0) is 5.41 Å². The van der Waals surface area contributed by atoms with Crippen molar-refractivity contribution in [1.82, 2.24) is 9.27 Å². The minimum atomic E-state index is -0.406. The number of hydrogen-bond donors (Lipinski definition) is 0. The summed E-state index contributed by atoms with van der Waals surface area (Å²) >= 11 is 1.22. The van der Waals surface area contributed by atoms with E-state index in [9.17, 15) is 5.26 Å². The summed E-state index contributed by atoms with van der Waals surface area (Å²) in [6, 6.07) is 16.8. The van der Waals surface area contributed by atoms with Gasteiger partial charge in [-0.2, -0.15) is 9.64 Å². The molecule has 3 rings (SSSR count). The molecule has 2 aromatic carbocycles. The fourth-order valence-electron chi connectivity index (χ4n) is 3.27. The predicted molar refractivity (Wildman–Crippen MR) is 132 cm³/mol. The number of ether oxygens (including phenoxy) is 1. The maximum Gasteiger partial charge on any atom is 0.218 e. The van der Waals surface area contributed by atoms with Crippen LogP contribution in [0.15, 0.2) is 47.5 Å². The molecule has 0 aliphatic rings. The summed E-state index contributed by atoms with van der Waals surface area (Å²) in [7, 11) is 2.01. The van der Waals surface area contributed by atoms with Gasteiger partial charge in [-0.05, 0) is 56.5 Å². The van der Waals surface area contributed by atoms with Gasteiger partial charge in [0.15, 0.2) is 0 Å². The van der Waals surface area contributed by atoms with E-state index in [2.05, 4.69) is 60.2 Å². The molecule has 0 amide bonds. The zero-order chi connectivity index (χ0) is 23.5. The van der Waals surface area contributed by atoms with Gasteiger partial charge in [-0.25, -0.2) is 4.99 Å². The van der Waals surface area contributed by atoms with Gasteiger partial charge in [0.25, 0.3) is 0 Å². The van der Waals surface area contributed by atoms with E-state index in [1.54, 1.807) is 0 Å². The van der Waals surface area contributed by atoms with Crippen molar-refractivity contribution in [2.45, 2.75) is 53.0 Å². The number of aliphatic imine (C=N–C) groups is 1. The average Bonchev–Trinajstić information content (AvgIpc) is 3.18. The maximum atomic E-state index is 9.92. The Morgan fingerprint density at radius 1 is 1.16 bits per heavy atom. The molecule has 0 atom stereocenters. The average molecular weight is 447 g/mol. The minimum absolute atomic E-state index is 0.382. The monoisotopic (exact) mass is 446 g/mol. The summed E-state index contributed by atoms with van der Waals surface area (Å²) in [5.74, 6) is 0.711. The molecule has 6 heteroatoms. The lowest BCUT2D eigenvalue weighted by Gasteiger charge is -2.23. The molecule has 0 aliphatic heterocycles. The van der Waals surface area contributed by atoms with Crippen molar-refractivity contribution >= 4 is 23.6 Å². The summed E-state index contributed by atoms with van der Waals surface area (Å²) in [6.45, 7) is 12.4. The first-order valence-electron chi connectivity index (χ1n) is 10.7. The Morgan fingerprint density at radius 3 is 2.47 bits per heavy atom. The summed E-state index contributed by atoms with van der Waals surface area (Å²) in [4.78, 5) is 6.68. The van der Waals surface area contributed by atoms with Gasteiger partial charge in [-0.3, -0.25) is 0 Å². The number of hydrogen-bond acceptors (Lipinski definition) is 5. The van der Waals surface area contributed by atoms with Crippen molar-refractivity contribution in [3.8, 4) is 16.9 Å². The molecule has 0 bridgehead atoms. The predicted octanol–water partition coefficient (Wildman–Crippen LogP) is 6.75. The number of aryl methyl sites for hydroxylation is 2. The Labute approximate surface area is 195 Å². The van der Waals surface area contributed by atoms with Crippen LogP contribution in [0, 0.1) is 25.2 Å². The first kappa shape index (κ1) is 23.5. The molecule has 1 heterocycles. The fraction of sp³-hybridized carbons (Fsp3) is 0.346. The first-order valence-corrected chi connectivity index (χ1v) is 11.4. The van der Waals surface area contributed by atoms with Crippen molar-refractivity contribution < 1.29 is 4.74 Å². The molecular weight excluding hydrogens is 416 g/mol. The third-order valence-electron chi connectivity index (χ3n) is 5.75. The first-order chi connectivity index (χ1) is 15.1. The van der Waals surface area contributed by atoms with Crippen LogP contribution < -0.4 is 4.74 Å². The quantitative estimate of drug-likeness (QED) is 0.297. The molecule has 0 saturated carbocycles. The van der Waals surface area contributed by atoms with E-state index >= 15 is 0 Å². The Kier molecular flexibility index (Phi) is 7.00. The van der Waals surface area contributed by atoms with Crippen LogP contribution in [0.1, 0.15) is 55.6 Å². The van der Waals surface area contributed by atoms with Crippen LogP contribution in [0.5, 0.6) is 10.8 Å². The molecule has 0 aliphatic carbocycles. The van der Waals surface area contributed by atoms with E-state index in [4.69, 9.17) is 4.74 Å². The van der Waals surface area contributed by atoms with E-state index in [1.807, 2.05) is 57.6 Å². The highest BCUT2D eigenvalue weighted by molar-refractivity contribution is 7.08. The molecule has 0 fully saturated rings. The van der Waals surface area contributed by atoms with Crippen molar-refractivity contribution in [3.63, 3.8) is 0 Å². The fourth-order valence-corrected chi connectivity index (χ4v) is 4.13. The van der Waals surface area contributed by atoms with Gasteiger partial charge in [-0.1, -0.05) is 44.2 Å². The lowest BCUT2D eigenvalue weighted by Crippen LogP contribution is -2.24. The Bertz CT molecular complexity index is 1160. The third-order valence-corrected chi connectivity index (χ3v) is 6.48. The van der Waals surface area contributed by atoms with Gasteiger partial charge in [0.2, 0.25) is 5.06 Å². The zero-order valence-electron chi connectivity index (χ0n) is 19.8. The van der Waals surface area contributed by atoms with Crippen LogP contribution in [0.4, 0.5) is 5.69 Å². The van der Waals surface area contributed by atoms with E-state index in [0.717, 1.165) is 28.1 Å². The molecule has 166 valence electrons. The van der Waals surface area contributed by atoms with Gasteiger partial charge in [0, 0.05) is 30.0 Å². The van der Waals surface area contributed by atoms with Crippen LogP contribution >= 0.6 is 11.5 Å². The van der Waals surface area contributed by atoms with Crippen molar-refractivity contribution in [1.29, 1.82) is 5.26 Å². The second-order valence-corrected chi connectivity index (χ2v) is 9.54. The number of aromatic nitrogens is 1. The van der Waals surface area contributed by atoms with Gasteiger partial charge < -0.3 is 9.64 Å². The van der Waals surface area contributed by atoms with Crippen molar-refractivity contribution in [2.75, 3.05) is 7.05 Å². The van der Waals surface area contributed by atoms with E-state index in [1.165, 1.54) is 11.5 Å². The lowest BCUT2D eigenvalue weighted by molar-refractivity contribution is 0.429. The topological polar surface area (TPSA) is 61.5 Å². The molecule has 32 heavy (non-hydrogen) atoms. The summed E-state index contributed by atoms with van der Waals surface area (Å²) in [6.07, 6.45) is 1.85. The lowest BCUT2D eigenvalue weighted by atomic mass is 9.80. The normalized spacial score (nSPS) is 11.7. The second-order valence-electron chi connectivity index (χ2n) is 8.81. The summed E-state index contributed by atoms with van der Waals surface area (Å²) < 4.78 is 10.8. The van der Waals surface area contributed by atoms with Crippen LogP contribution in [0.3, 0.4) is 0 Å². The molecule has 3 aromatic rings. The molecule has 0 radical (unpaired) electrons. The summed E-state index contributed by atoms with van der Waals surface area (Å²) in [5.41, 5.74) is 4.78. The third kappa shape index (κ3) is 4.84. The standard InChI is InChI=1S/C26H30N4OS/c1-17(2)30(7)16-28-22-13-19(4)23(14-18(22)3)31-25-21(15-27)24(29-32-25)26(5,6)20-11-9-8-10-12-20/h8-14,16-17H,1-7H3/b28-16-. The van der Waals surface area contributed by atoms with Gasteiger partial charge in [0.1, 0.15) is 17.4 Å². The molecule has 5 nitrogen and oxygen atoms in total. The molecule has 0 saturated heterocycles. The smallest absolute Gasteiger partial charge is 0.218 e. The molecule has 0 unspecified atom stereocenters. The van der Waals surface area contributed by atoms with E-state index in [0.29, 0.717) is 22.4 Å². The number of benzene rings is 2. The maximum absolute atomic E-state index is 9.92. The van der Waals surface area contributed by atoms with Crippen molar-refractivity contribution in [2.24, 2.45) is 4.99 Å². The SMILES string of the molecule is Cc1cc(Oc2snc(C(C)(C)c3ccccc3)c2C#N)c(C)cc1/N=C\N(C)C(C)C. The highest BCUT2D eigenvalue weighted by Gasteiger charge is 2.31. The Hall–Kier alpha value is -3.17. The van der Waals surface area contributed by atoms with Crippen LogP contribution in [0.25, 0.3) is 0 Å². The Morgan fingerprint density at radius 2 is 1.84 bits per heavy atom. The van der Waals surface area contributed by atoms with E-state index < -0.39 is 5.41 Å². The molecule has 1 aromatic heterocycles. The van der Waals surface area contributed by atoms with Crippen molar-refractivity contribution in [3.05, 3.63) is 70.4 Å². The largest absolute Gasteiger partial charge is 0.443 e. The molecule has 0 N–H and O–H groups in total. The summed E-state index contributed by atoms with van der Waals surface area (Å²) in [5, 5.41) is 10.4.